The van der Waals surface area contributed by atoms with Gasteiger partial charge in [0.05, 0.1) is 18.1 Å². The molecule has 116 valence electrons. The Kier molecular flexibility index (Phi) is 5.47. The summed E-state index contributed by atoms with van der Waals surface area (Å²) in [5, 5.41) is 7.00. The van der Waals surface area contributed by atoms with E-state index in [2.05, 4.69) is 15.6 Å². The van der Waals surface area contributed by atoms with Crippen LogP contribution in [0, 0.1) is 0 Å². The Balaban J connectivity index is 1.99. The van der Waals surface area contributed by atoms with Crippen molar-refractivity contribution in [2.45, 2.75) is 25.9 Å². The first kappa shape index (κ1) is 16.1. The average Bonchev–Trinajstić information content (AvgIpc) is 2.76. The molecule has 0 spiro atoms. The molecule has 1 aromatic carbocycles. The van der Waals surface area contributed by atoms with E-state index in [1.165, 1.54) is 0 Å². The fraction of sp³-hybridized carbons (Fsp3) is 0.500. The third-order valence-corrected chi connectivity index (χ3v) is 5.23. The van der Waals surface area contributed by atoms with Crippen LogP contribution >= 0.6 is 11.6 Å². The van der Waals surface area contributed by atoms with Crippen LogP contribution in [0.15, 0.2) is 29.3 Å². The molecule has 1 aliphatic rings. The normalized spacial score (nSPS) is 21.2. The molecule has 7 heteroatoms. The van der Waals surface area contributed by atoms with Gasteiger partial charge in [0.2, 0.25) is 0 Å². The lowest BCUT2D eigenvalue weighted by Gasteiger charge is -2.15. The predicted octanol–water partition coefficient (Wildman–Crippen LogP) is 1.58. The Labute approximate surface area is 130 Å². The number of guanidine groups is 1. The van der Waals surface area contributed by atoms with Gasteiger partial charge in [-0.05, 0) is 31.0 Å². The summed E-state index contributed by atoms with van der Waals surface area (Å²) in [6, 6.07) is 7.47. The van der Waals surface area contributed by atoms with Crippen LogP contribution in [0.25, 0.3) is 0 Å². The third-order valence-electron chi connectivity index (χ3n) is 3.23. The number of benzene rings is 1. The van der Waals surface area contributed by atoms with Crippen LogP contribution < -0.4 is 10.6 Å². The molecule has 2 rings (SSSR count). The SMILES string of the molecule is CCNC(=NCc1cccc(Cl)c1)NC1CCS(=O)(=O)C1. The van der Waals surface area contributed by atoms with Crippen molar-refractivity contribution < 1.29 is 8.42 Å². The largest absolute Gasteiger partial charge is 0.357 e. The number of aliphatic imine (C=N–C) groups is 1. The molecule has 2 N–H and O–H groups in total. The summed E-state index contributed by atoms with van der Waals surface area (Å²) in [6.45, 7) is 3.19. The molecule has 0 radical (unpaired) electrons. The summed E-state index contributed by atoms with van der Waals surface area (Å²) in [5.74, 6) is 1.06. The zero-order chi connectivity index (χ0) is 15.3. The van der Waals surface area contributed by atoms with Crippen molar-refractivity contribution >= 4 is 27.4 Å². The highest BCUT2D eigenvalue weighted by atomic mass is 35.5. The maximum Gasteiger partial charge on any atom is 0.191 e. The molecule has 1 aliphatic heterocycles. The predicted molar refractivity (Wildman–Crippen MR) is 86.5 cm³/mol. The lowest BCUT2D eigenvalue weighted by Crippen LogP contribution is -2.44. The van der Waals surface area contributed by atoms with Crippen LogP contribution in [-0.2, 0) is 16.4 Å². The van der Waals surface area contributed by atoms with Crippen LogP contribution in [-0.4, -0.2) is 38.5 Å². The zero-order valence-electron chi connectivity index (χ0n) is 12.0. The summed E-state index contributed by atoms with van der Waals surface area (Å²) < 4.78 is 23.0. The summed E-state index contributed by atoms with van der Waals surface area (Å²) in [7, 11) is -2.89. The lowest BCUT2D eigenvalue weighted by atomic mass is 10.2. The van der Waals surface area contributed by atoms with Gasteiger partial charge in [-0.15, -0.1) is 0 Å². The van der Waals surface area contributed by atoms with Crippen LogP contribution in [0.5, 0.6) is 0 Å². The number of halogens is 1. The monoisotopic (exact) mass is 329 g/mol. The topological polar surface area (TPSA) is 70.6 Å². The molecule has 0 aromatic heterocycles. The number of nitrogens with zero attached hydrogens (tertiary/aromatic N) is 1. The fourth-order valence-corrected chi connectivity index (χ4v) is 4.11. The van der Waals surface area contributed by atoms with Crippen molar-refractivity contribution in [1.29, 1.82) is 0 Å². The van der Waals surface area contributed by atoms with Crippen LogP contribution in [0.2, 0.25) is 5.02 Å². The minimum atomic E-state index is -2.89. The van der Waals surface area contributed by atoms with Gasteiger partial charge >= 0.3 is 0 Å². The van der Waals surface area contributed by atoms with Crippen molar-refractivity contribution in [1.82, 2.24) is 10.6 Å². The lowest BCUT2D eigenvalue weighted by molar-refractivity contribution is 0.599. The number of rotatable bonds is 4. The van der Waals surface area contributed by atoms with Crippen LogP contribution in [0.1, 0.15) is 18.9 Å². The van der Waals surface area contributed by atoms with Gasteiger partial charge in [0, 0.05) is 17.6 Å². The second kappa shape index (κ2) is 7.13. The zero-order valence-corrected chi connectivity index (χ0v) is 13.5. The minimum Gasteiger partial charge on any atom is -0.357 e. The average molecular weight is 330 g/mol. The Morgan fingerprint density at radius 1 is 1.48 bits per heavy atom. The van der Waals surface area contributed by atoms with E-state index in [1.54, 1.807) is 0 Å². The van der Waals surface area contributed by atoms with E-state index in [0.717, 1.165) is 12.1 Å². The second-order valence-electron chi connectivity index (χ2n) is 5.07. The maximum absolute atomic E-state index is 11.5. The standard InChI is InChI=1S/C14H20ClN3O2S/c1-2-16-14(18-13-6-7-21(19,20)10-13)17-9-11-4-3-5-12(15)8-11/h3-5,8,13H,2,6-7,9-10H2,1H3,(H2,16,17,18). The van der Waals surface area contributed by atoms with Crippen molar-refractivity contribution in [2.75, 3.05) is 18.1 Å². The van der Waals surface area contributed by atoms with Crippen LogP contribution in [0.3, 0.4) is 0 Å². The maximum atomic E-state index is 11.5. The van der Waals surface area contributed by atoms with E-state index in [9.17, 15) is 8.42 Å². The molecule has 1 aromatic rings. The summed E-state index contributed by atoms with van der Waals surface area (Å²) in [4.78, 5) is 4.48. The quantitative estimate of drug-likeness (QED) is 0.650. The molecular formula is C14H20ClN3O2S. The van der Waals surface area contributed by atoms with E-state index < -0.39 is 9.84 Å². The van der Waals surface area contributed by atoms with E-state index in [-0.39, 0.29) is 17.5 Å². The van der Waals surface area contributed by atoms with Gasteiger partial charge in [0.1, 0.15) is 0 Å². The number of hydrogen-bond donors (Lipinski definition) is 2. The Bertz CT molecular complexity index is 616. The molecule has 0 bridgehead atoms. The molecule has 1 heterocycles. The Morgan fingerprint density at radius 3 is 2.90 bits per heavy atom. The van der Waals surface area contributed by atoms with E-state index in [0.29, 0.717) is 23.9 Å². The van der Waals surface area contributed by atoms with Crippen molar-refractivity contribution in [2.24, 2.45) is 4.99 Å². The molecule has 0 aliphatic carbocycles. The first-order chi connectivity index (χ1) is 9.98. The summed E-state index contributed by atoms with van der Waals surface area (Å²) in [5.41, 5.74) is 1.01. The highest BCUT2D eigenvalue weighted by molar-refractivity contribution is 7.91. The highest BCUT2D eigenvalue weighted by Gasteiger charge is 2.28. The van der Waals surface area contributed by atoms with Gasteiger partial charge in [-0.1, -0.05) is 23.7 Å². The number of nitrogens with one attached hydrogen (secondary N) is 2. The van der Waals surface area contributed by atoms with Gasteiger partial charge < -0.3 is 10.6 Å². The molecule has 1 fully saturated rings. The van der Waals surface area contributed by atoms with Gasteiger partial charge in [-0.2, -0.15) is 0 Å². The molecule has 1 unspecified atom stereocenters. The first-order valence-corrected chi connectivity index (χ1v) is 9.18. The van der Waals surface area contributed by atoms with Gasteiger partial charge in [0.25, 0.3) is 0 Å². The minimum absolute atomic E-state index is 0.0628. The first-order valence-electron chi connectivity index (χ1n) is 6.98. The molecule has 1 saturated heterocycles. The molecular weight excluding hydrogens is 310 g/mol. The third kappa shape index (κ3) is 5.21. The number of sulfone groups is 1. The van der Waals surface area contributed by atoms with Gasteiger partial charge in [-0.25, -0.2) is 13.4 Å². The van der Waals surface area contributed by atoms with E-state index >= 15 is 0 Å². The number of hydrogen-bond acceptors (Lipinski definition) is 3. The Hall–Kier alpha value is -1.27. The van der Waals surface area contributed by atoms with Crippen molar-refractivity contribution in [3.05, 3.63) is 34.9 Å². The van der Waals surface area contributed by atoms with E-state index in [1.807, 2.05) is 31.2 Å². The second-order valence-corrected chi connectivity index (χ2v) is 7.73. The van der Waals surface area contributed by atoms with E-state index in [4.69, 9.17) is 11.6 Å². The van der Waals surface area contributed by atoms with Gasteiger partial charge in [0.15, 0.2) is 15.8 Å². The summed E-state index contributed by atoms with van der Waals surface area (Å²) in [6.07, 6.45) is 0.629. The summed E-state index contributed by atoms with van der Waals surface area (Å²) >= 11 is 5.94. The fourth-order valence-electron chi connectivity index (χ4n) is 2.23. The molecule has 0 saturated carbocycles. The molecule has 1 atom stereocenters. The molecule has 5 nitrogen and oxygen atoms in total. The van der Waals surface area contributed by atoms with Gasteiger partial charge in [-0.3, -0.25) is 0 Å². The smallest absolute Gasteiger partial charge is 0.191 e. The van der Waals surface area contributed by atoms with Crippen molar-refractivity contribution in [3.63, 3.8) is 0 Å². The molecule has 21 heavy (non-hydrogen) atoms. The molecule has 0 amide bonds. The Morgan fingerprint density at radius 2 is 2.29 bits per heavy atom. The highest BCUT2D eigenvalue weighted by Crippen LogP contribution is 2.12. The van der Waals surface area contributed by atoms with Crippen LogP contribution in [0.4, 0.5) is 0 Å². The van der Waals surface area contributed by atoms with Crippen molar-refractivity contribution in [3.8, 4) is 0 Å².